The number of benzene rings is 2. The van der Waals surface area contributed by atoms with E-state index in [2.05, 4.69) is 10.6 Å². The fourth-order valence-electron chi connectivity index (χ4n) is 2.29. The van der Waals surface area contributed by atoms with Crippen LogP contribution in [0.5, 0.6) is 0 Å². The molecule has 0 saturated carbocycles. The molecule has 2 amide bonds. The molecular formula is C20H15FN2O4S. The molecule has 0 aliphatic carbocycles. The molecule has 1 heterocycles. The lowest BCUT2D eigenvalue weighted by Gasteiger charge is -2.08. The minimum absolute atomic E-state index is 0.00170. The van der Waals surface area contributed by atoms with Crippen LogP contribution in [0.25, 0.3) is 0 Å². The van der Waals surface area contributed by atoms with Crippen LogP contribution >= 0.6 is 11.3 Å². The number of halogens is 1. The first kappa shape index (κ1) is 19.2. The number of ether oxygens (including phenoxy) is 1. The highest BCUT2D eigenvalue weighted by Crippen LogP contribution is 2.16. The van der Waals surface area contributed by atoms with Gasteiger partial charge in [0.15, 0.2) is 6.61 Å². The molecule has 3 rings (SSSR count). The van der Waals surface area contributed by atoms with Gasteiger partial charge in [-0.3, -0.25) is 9.59 Å². The number of esters is 1. The second-order valence-electron chi connectivity index (χ2n) is 5.62. The molecule has 0 saturated heterocycles. The van der Waals surface area contributed by atoms with Crippen LogP contribution in [0.2, 0.25) is 0 Å². The van der Waals surface area contributed by atoms with E-state index in [-0.39, 0.29) is 17.2 Å². The van der Waals surface area contributed by atoms with Gasteiger partial charge < -0.3 is 15.4 Å². The Morgan fingerprint density at radius 1 is 0.964 bits per heavy atom. The largest absolute Gasteiger partial charge is 0.452 e. The monoisotopic (exact) mass is 398 g/mol. The van der Waals surface area contributed by atoms with E-state index in [9.17, 15) is 18.8 Å². The molecule has 0 spiro atoms. The maximum atomic E-state index is 13.5. The predicted octanol–water partition coefficient (Wildman–Crippen LogP) is 3.94. The van der Waals surface area contributed by atoms with Gasteiger partial charge in [0, 0.05) is 5.69 Å². The zero-order valence-corrected chi connectivity index (χ0v) is 15.3. The summed E-state index contributed by atoms with van der Waals surface area (Å²) >= 11 is 1.30. The molecule has 0 fully saturated rings. The Hall–Kier alpha value is -3.52. The van der Waals surface area contributed by atoms with Crippen LogP contribution in [0.1, 0.15) is 20.0 Å². The van der Waals surface area contributed by atoms with Gasteiger partial charge in [-0.1, -0.05) is 24.3 Å². The number of thiophene rings is 1. The first-order chi connectivity index (χ1) is 13.5. The Morgan fingerprint density at radius 3 is 2.54 bits per heavy atom. The van der Waals surface area contributed by atoms with Crippen LogP contribution in [0, 0.1) is 5.82 Å². The fraction of sp³-hybridized carbons (Fsp3) is 0.0500. The summed E-state index contributed by atoms with van der Waals surface area (Å²) in [4.78, 5) is 36.6. The SMILES string of the molecule is O=C(COC(=O)c1cccc(NC(=O)c2cccs2)c1)Nc1ccccc1F. The first-order valence-corrected chi connectivity index (χ1v) is 9.07. The summed E-state index contributed by atoms with van der Waals surface area (Å²) in [6, 6.07) is 15.3. The van der Waals surface area contributed by atoms with E-state index < -0.39 is 24.3 Å². The molecular weight excluding hydrogens is 383 g/mol. The van der Waals surface area contributed by atoms with Gasteiger partial charge in [0.25, 0.3) is 11.8 Å². The molecule has 0 radical (unpaired) electrons. The summed E-state index contributed by atoms with van der Waals surface area (Å²) in [7, 11) is 0. The molecule has 2 aromatic carbocycles. The summed E-state index contributed by atoms with van der Waals surface area (Å²) in [5.74, 6) is -2.28. The van der Waals surface area contributed by atoms with E-state index in [1.807, 2.05) is 0 Å². The molecule has 28 heavy (non-hydrogen) atoms. The molecule has 3 aromatic rings. The smallest absolute Gasteiger partial charge is 0.338 e. The summed E-state index contributed by atoms with van der Waals surface area (Å²) in [5.41, 5.74) is 0.591. The van der Waals surface area contributed by atoms with Crippen LogP contribution in [-0.2, 0) is 9.53 Å². The summed E-state index contributed by atoms with van der Waals surface area (Å²) in [6.07, 6.45) is 0. The zero-order valence-electron chi connectivity index (χ0n) is 14.5. The van der Waals surface area contributed by atoms with Gasteiger partial charge in [0.2, 0.25) is 0 Å². The number of carbonyl (C=O) groups is 3. The molecule has 8 heteroatoms. The molecule has 0 bridgehead atoms. The Labute approximate surface area is 164 Å². The number of hydrogen-bond donors (Lipinski definition) is 2. The van der Waals surface area contributed by atoms with E-state index in [1.54, 1.807) is 35.7 Å². The highest BCUT2D eigenvalue weighted by atomic mass is 32.1. The molecule has 0 unspecified atom stereocenters. The lowest BCUT2D eigenvalue weighted by Crippen LogP contribution is -2.21. The third kappa shape index (κ3) is 5.01. The molecule has 0 atom stereocenters. The van der Waals surface area contributed by atoms with Crippen LogP contribution in [0.3, 0.4) is 0 Å². The Bertz CT molecular complexity index is 1000. The highest BCUT2D eigenvalue weighted by molar-refractivity contribution is 7.12. The van der Waals surface area contributed by atoms with Crippen molar-refractivity contribution >= 4 is 40.5 Å². The average Bonchev–Trinajstić information content (AvgIpc) is 3.23. The fourth-order valence-corrected chi connectivity index (χ4v) is 2.91. The Kier molecular flexibility index (Phi) is 6.13. The highest BCUT2D eigenvalue weighted by Gasteiger charge is 2.13. The summed E-state index contributed by atoms with van der Waals surface area (Å²) in [5, 5.41) is 6.80. The first-order valence-electron chi connectivity index (χ1n) is 8.19. The molecule has 6 nitrogen and oxygen atoms in total. The maximum Gasteiger partial charge on any atom is 0.338 e. The minimum Gasteiger partial charge on any atom is -0.452 e. The topological polar surface area (TPSA) is 84.5 Å². The van der Waals surface area contributed by atoms with Crippen molar-refractivity contribution in [2.45, 2.75) is 0 Å². The number of carbonyl (C=O) groups excluding carboxylic acids is 3. The van der Waals surface area contributed by atoms with Crippen molar-refractivity contribution in [2.75, 3.05) is 17.2 Å². The van der Waals surface area contributed by atoms with Gasteiger partial charge in [-0.15, -0.1) is 11.3 Å². The standard InChI is InChI=1S/C20H15FN2O4S/c21-15-7-1-2-8-16(15)23-18(24)12-27-20(26)13-5-3-6-14(11-13)22-19(25)17-9-4-10-28-17/h1-11H,12H2,(H,22,25)(H,23,24). The van der Waals surface area contributed by atoms with Gasteiger partial charge >= 0.3 is 5.97 Å². The van der Waals surface area contributed by atoms with Crippen molar-refractivity contribution < 1.29 is 23.5 Å². The summed E-state index contributed by atoms with van der Waals surface area (Å²) in [6.45, 7) is -0.570. The maximum absolute atomic E-state index is 13.5. The van der Waals surface area contributed by atoms with E-state index in [0.29, 0.717) is 10.6 Å². The lowest BCUT2D eigenvalue weighted by molar-refractivity contribution is -0.119. The van der Waals surface area contributed by atoms with Gasteiger partial charge in [-0.2, -0.15) is 0 Å². The lowest BCUT2D eigenvalue weighted by atomic mass is 10.2. The molecule has 0 aliphatic rings. The van der Waals surface area contributed by atoms with Crippen molar-refractivity contribution in [1.82, 2.24) is 0 Å². The Balaban J connectivity index is 1.56. The molecule has 142 valence electrons. The van der Waals surface area contributed by atoms with Crippen molar-refractivity contribution in [2.24, 2.45) is 0 Å². The second kappa shape index (κ2) is 8.92. The number of amides is 2. The Morgan fingerprint density at radius 2 is 1.79 bits per heavy atom. The van der Waals surface area contributed by atoms with Gasteiger partial charge in [-0.05, 0) is 41.8 Å². The van der Waals surface area contributed by atoms with Gasteiger partial charge in [0.05, 0.1) is 16.1 Å². The van der Waals surface area contributed by atoms with Crippen LogP contribution in [-0.4, -0.2) is 24.4 Å². The number of rotatable bonds is 6. The third-order valence-corrected chi connectivity index (χ3v) is 4.45. The van der Waals surface area contributed by atoms with Crippen LogP contribution in [0.15, 0.2) is 66.0 Å². The van der Waals surface area contributed by atoms with E-state index in [4.69, 9.17) is 4.74 Å². The number of anilines is 2. The molecule has 2 N–H and O–H groups in total. The average molecular weight is 398 g/mol. The van der Waals surface area contributed by atoms with Crippen molar-refractivity contribution in [3.05, 3.63) is 82.3 Å². The van der Waals surface area contributed by atoms with Crippen molar-refractivity contribution in [1.29, 1.82) is 0 Å². The van der Waals surface area contributed by atoms with Crippen LogP contribution < -0.4 is 10.6 Å². The van der Waals surface area contributed by atoms with E-state index >= 15 is 0 Å². The van der Waals surface area contributed by atoms with Crippen LogP contribution in [0.4, 0.5) is 15.8 Å². The third-order valence-electron chi connectivity index (χ3n) is 3.58. The molecule has 1 aromatic heterocycles. The normalized spacial score (nSPS) is 10.2. The van der Waals surface area contributed by atoms with Gasteiger partial charge in [-0.25, -0.2) is 9.18 Å². The number of hydrogen-bond acceptors (Lipinski definition) is 5. The second-order valence-corrected chi connectivity index (χ2v) is 6.56. The van der Waals surface area contributed by atoms with Crippen molar-refractivity contribution in [3.63, 3.8) is 0 Å². The zero-order chi connectivity index (χ0) is 19.9. The predicted molar refractivity (Wildman–Crippen MR) is 104 cm³/mol. The number of nitrogens with one attached hydrogen (secondary N) is 2. The number of para-hydroxylation sites is 1. The van der Waals surface area contributed by atoms with Gasteiger partial charge in [0.1, 0.15) is 5.82 Å². The summed E-state index contributed by atoms with van der Waals surface area (Å²) < 4.78 is 18.5. The van der Waals surface area contributed by atoms with Crippen molar-refractivity contribution in [3.8, 4) is 0 Å². The van der Waals surface area contributed by atoms with E-state index in [0.717, 1.165) is 0 Å². The molecule has 0 aliphatic heterocycles. The van der Waals surface area contributed by atoms with E-state index in [1.165, 1.54) is 41.7 Å². The minimum atomic E-state index is -0.740. The quantitative estimate of drug-likeness (QED) is 0.616.